The van der Waals surface area contributed by atoms with E-state index < -0.39 is 0 Å². The molecule has 0 N–H and O–H groups in total. The Balaban J connectivity index is 2.03. The topological polar surface area (TPSA) is 42.0 Å². The number of rotatable bonds is 4. The molecule has 5 heteroatoms. The minimum atomic E-state index is -0.0000406. The van der Waals surface area contributed by atoms with E-state index in [2.05, 4.69) is 0 Å². The minimum Gasteiger partial charge on any atom is -0.497 e. The lowest BCUT2D eigenvalue weighted by atomic mass is 9.99. The molecule has 1 heterocycles. The maximum absolute atomic E-state index is 13.2. The second kappa shape index (κ2) is 7.05. The zero-order valence-corrected chi connectivity index (χ0v) is 15.2. The van der Waals surface area contributed by atoms with Crippen molar-refractivity contribution in [2.24, 2.45) is 0 Å². The molecule has 2 aromatic carbocycles. The van der Waals surface area contributed by atoms with Crippen molar-refractivity contribution in [3.8, 4) is 11.5 Å². The molecule has 0 fully saturated rings. The Morgan fingerprint density at radius 3 is 2.60 bits per heavy atom. The Morgan fingerprint density at radius 1 is 1.12 bits per heavy atom. The smallest absolute Gasteiger partial charge is 0.258 e. The molecule has 3 rings (SSSR count). The van der Waals surface area contributed by atoms with Gasteiger partial charge in [-0.2, -0.15) is 0 Å². The van der Waals surface area contributed by atoms with Crippen molar-refractivity contribution < 1.29 is 14.3 Å². The van der Waals surface area contributed by atoms with E-state index in [4.69, 9.17) is 9.47 Å². The highest BCUT2D eigenvalue weighted by molar-refractivity contribution is 6.07. The number of carbonyl (C=O) groups excluding carboxylic acids is 1. The SMILES string of the molecule is COc1cc(OC)c2c(c1)N(C(=O)c1cccc(N(C)C)c1)CCC2. The third-order valence-electron chi connectivity index (χ3n) is 4.57. The van der Waals surface area contributed by atoms with E-state index in [0.29, 0.717) is 17.9 Å². The summed E-state index contributed by atoms with van der Waals surface area (Å²) in [4.78, 5) is 17.0. The van der Waals surface area contributed by atoms with E-state index in [-0.39, 0.29) is 5.91 Å². The fraction of sp³-hybridized carbons (Fsp3) is 0.350. The molecule has 0 saturated carbocycles. The van der Waals surface area contributed by atoms with Crippen LogP contribution in [-0.2, 0) is 6.42 Å². The molecule has 1 aliphatic heterocycles. The van der Waals surface area contributed by atoms with Crippen LogP contribution < -0.4 is 19.3 Å². The van der Waals surface area contributed by atoms with E-state index in [1.165, 1.54) is 0 Å². The lowest BCUT2D eigenvalue weighted by molar-refractivity contribution is 0.0985. The normalized spacial score (nSPS) is 13.2. The van der Waals surface area contributed by atoms with Gasteiger partial charge in [-0.05, 0) is 31.0 Å². The third kappa shape index (κ3) is 3.27. The number of amides is 1. The molecule has 1 amide bonds. The van der Waals surface area contributed by atoms with Crippen LogP contribution in [0, 0.1) is 0 Å². The van der Waals surface area contributed by atoms with Crippen LogP contribution in [0.3, 0.4) is 0 Å². The number of hydrogen-bond acceptors (Lipinski definition) is 4. The Bertz CT molecular complexity index is 787. The molecular formula is C20H24N2O3. The second-order valence-corrected chi connectivity index (χ2v) is 6.33. The Kier molecular flexibility index (Phi) is 4.83. The Hall–Kier alpha value is -2.69. The van der Waals surface area contributed by atoms with E-state index in [0.717, 1.165) is 35.5 Å². The van der Waals surface area contributed by atoms with Gasteiger partial charge in [0.2, 0.25) is 0 Å². The maximum atomic E-state index is 13.2. The first kappa shape index (κ1) is 17.1. The van der Waals surface area contributed by atoms with Crippen LogP contribution in [0.1, 0.15) is 22.3 Å². The monoisotopic (exact) mass is 340 g/mol. The number of carbonyl (C=O) groups is 1. The molecule has 25 heavy (non-hydrogen) atoms. The number of methoxy groups -OCH3 is 2. The van der Waals surface area contributed by atoms with Crippen molar-refractivity contribution in [2.45, 2.75) is 12.8 Å². The van der Waals surface area contributed by atoms with Crippen molar-refractivity contribution in [1.82, 2.24) is 0 Å². The summed E-state index contributed by atoms with van der Waals surface area (Å²) in [6, 6.07) is 11.5. The summed E-state index contributed by atoms with van der Waals surface area (Å²) >= 11 is 0. The first-order chi connectivity index (χ1) is 12.0. The predicted octanol–water partition coefficient (Wildman–Crippen LogP) is 3.36. The molecule has 1 aliphatic rings. The minimum absolute atomic E-state index is 0.0000406. The summed E-state index contributed by atoms with van der Waals surface area (Å²) in [7, 11) is 7.21. The Labute approximate surface area is 148 Å². The van der Waals surface area contributed by atoms with Gasteiger partial charge in [-0.15, -0.1) is 0 Å². The summed E-state index contributed by atoms with van der Waals surface area (Å²) in [5.74, 6) is 1.46. The van der Waals surface area contributed by atoms with E-state index in [9.17, 15) is 4.79 Å². The van der Waals surface area contributed by atoms with Gasteiger partial charge >= 0.3 is 0 Å². The lowest BCUT2D eigenvalue weighted by Crippen LogP contribution is -2.35. The molecule has 132 valence electrons. The molecular weight excluding hydrogens is 316 g/mol. The van der Waals surface area contributed by atoms with Gasteiger partial charge in [-0.3, -0.25) is 4.79 Å². The fourth-order valence-corrected chi connectivity index (χ4v) is 3.22. The van der Waals surface area contributed by atoms with Gasteiger partial charge < -0.3 is 19.3 Å². The Morgan fingerprint density at radius 2 is 1.92 bits per heavy atom. The van der Waals surface area contributed by atoms with Crippen LogP contribution in [0.25, 0.3) is 0 Å². The molecule has 0 bridgehead atoms. The maximum Gasteiger partial charge on any atom is 0.258 e. The highest BCUT2D eigenvalue weighted by Gasteiger charge is 2.27. The quantitative estimate of drug-likeness (QED) is 0.856. The lowest BCUT2D eigenvalue weighted by Gasteiger charge is -2.31. The van der Waals surface area contributed by atoms with Gasteiger partial charge in [0.05, 0.1) is 19.9 Å². The molecule has 2 aromatic rings. The summed E-state index contributed by atoms with van der Waals surface area (Å²) in [5.41, 5.74) is 3.63. The number of nitrogens with zero attached hydrogens (tertiary/aromatic N) is 2. The molecule has 0 radical (unpaired) electrons. The van der Waals surface area contributed by atoms with Crippen molar-refractivity contribution in [3.05, 3.63) is 47.5 Å². The number of hydrogen-bond donors (Lipinski definition) is 0. The van der Waals surface area contributed by atoms with E-state index in [1.54, 1.807) is 14.2 Å². The molecule has 5 nitrogen and oxygen atoms in total. The largest absolute Gasteiger partial charge is 0.497 e. The van der Waals surface area contributed by atoms with Crippen LogP contribution in [0.15, 0.2) is 36.4 Å². The van der Waals surface area contributed by atoms with Crippen LogP contribution in [-0.4, -0.2) is 40.8 Å². The molecule has 0 unspecified atom stereocenters. The second-order valence-electron chi connectivity index (χ2n) is 6.33. The standard InChI is InChI=1S/C20H24N2O3/c1-21(2)15-8-5-7-14(11-15)20(23)22-10-6-9-17-18(22)12-16(24-3)13-19(17)25-4/h5,7-8,11-13H,6,9-10H2,1-4H3. The van der Waals surface area contributed by atoms with E-state index >= 15 is 0 Å². The summed E-state index contributed by atoms with van der Waals surface area (Å²) in [6.45, 7) is 0.689. The molecule has 0 aromatic heterocycles. The van der Waals surface area contributed by atoms with Crippen LogP contribution in [0.4, 0.5) is 11.4 Å². The first-order valence-corrected chi connectivity index (χ1v) is 8.39. The summed E-state index contributed by atoms with van der Waals surface area (Å²) in [5, 5.41) is 0. The van der Waals surface area contributed by atoms with Crippen molar-refractivity contribution in [3.63, 3.8) is 0 Å². The average molecular weight is 340 g/mol. The molecule has 0 atom stereocenters. The van der Waals surface area contributed by atoms with Crippen molar-refractivity contribution >= 4 is 17.3 Å². The van der Waals surface area contributed by atoms with Gasteiger partial charge in [0, 0.05) is 49.6 Å². The van der Waals surface area contributed by atoms with Gasteiger partial charge in [-0.25, -0.2) is 0 Å². The van der Waals surface area contributed by atoms with Crippen molar-refractivity contribution in [2.75, 3.05) is 44.7 Å². The summed E-state index contributed by atoms with van der Waals surface area (Å²) < 4.78 is 10.9. The van der Waals surface area contributed by atoms with Gasteiger partial charge in [0.1, 0.15) is 11.5 Å². The number of fused-ring (bicyclic) bond motifs is 1. The molecule has 0 aliphatic carbocycles. The predicted molar refractivity (Wildman–Crippen MR) is 100 cm³/mol. The van der Waals surface area contributed by atoms with Crippen molar-refractivity contribution in [1.29, 1.82) is 0 Å². The van der Waals surface area contributed by atoms with Gasteiger partial charge in [0.15, 0.2) is 0 Å². The zero-order valence-electron chi connectivity index (χ0n) is 15.2. The first-order valence-electron chi connectivity index (χ1n) is 8.39. The molecule has 0 spiro atoms. The van der Waals surface area contributed by atoms with Crippen LogP contribution in [0.5, 0.6) is 11.5 Å². The highest BCUT2D eigenvalue weighted by atomic mass is 16.5. The van der Waals surface area contributed by atoms with Crippen LogP contribution >= 0.6 is 0 Å². The van der Waals surface area contributed by atoms with Gasteiger partial charge in [-0.1, -0.05) is 6.07 Å². The number of anilines is 2. The third-order valence-corrected chi connectivity index (χ3v) is 4.57. The fourth-order valence-electron chi connectivity index (χ4n) is 3.22. The van der Waals surface area contributed by atoms with Gasteiger partial charge in [0.25, 0.3) is 5.91 Å². The van der Waals surface area contributed by atoms with E-state index in [1.807, 2.05) is 60.3 Å². The number of ether oxygens (including phenoxy) is 2. The molecule has 0 saturated heterocycles. The summed E-state index contributed by atoms with van der Waals surface area (Å²) in [6.07, 6.45) is 1.80. The van der Waals surface area contributed by atoms with Crippen LogP contribution in [0.2, 0.25) is 0 Å². The highest BCUT2D eigenvalue weighted by Crippen LogP contribution is 2.39. The average Bonchev–Trinajstić information content (AvgIpc) is 2.66. The zero-order chi connectivity index (χ0) is 18.0. The number of benzene rings is 2.